The van der Waals surface area contributed by atoms with E-state index in [1.165, 1.54) is 6.20 Å². The van der Waals surface area contributed by atoms with E-state index >= 15 is 0 Å². The molecule has 28 heavy (non-hydrogen) atoms. The first-order chi connectivity index (χ1) is 13.6. The molecule has 1 saturated heterocycles. The van der Waals surface area contributed by atoms with Crippen molar-refractivity contribution in [3.05, 3.63) is 48.0 Å². The van der Waals surface area contributed by atoms with Crippen LogP contribution in [0.3, 0.4) is 0 Å². The smallest absolute Gasteiger partial charge is 0.318 e. The lowest BCUT2D eigenvalue weighted by Gasteiger charge is -2.40. The van der Waals surface area contributed by atoms with Crippen molar-refractivity contribution in [2.45, 2.75) is 19.5 Å². The molecule has 2 aliphatic heterocycles. The van der Waals surface area contributed by atoms with E-state index in [0.717, 1.165) is 5.56 Å². The number of anilines is 1. The van der Waals surface area contributed by atoms with Gasteiger partial charge in [0.15, 0.2) is 17.3 Å². The molecule has 4 rings (SSSR count). The predicted molar refractivity (Wildman–Crippen MR) is 102 cm³/mol. The standard InChI is InChI=1S/C20H23FN4O3/c1-14-13-24(17-5-6-22-12-16(17)21)7-8-25(14)20(26)23-11-15-3-2-4-18-19(15)28-10-9-27-18/h2-6,12,14H,7-11,13H2,1H3,(H,23,26)/t14-/m1/s1. The van der Waals surface area contributed by atoms with Crippen molar-refractivity contribution >= 4 is 11.7 Å². The number of para-hydroxylation sites is 1. The van der Waals surface area contributed by atoms with Crippen LogP contribution >= 0.6 is 0 Å². The third-order valence-corrected chi connectivity index (χ3v) is 5.06. The molecule has 3 heterocycles. The Bertz CT molecular complexity index is 863. The number of urea groups is 1. The molecule has 2 aromatic rings. The lowest BCUT2D eigenvalue weighted by atomic mass is 10.1. The normalized spacial score (nSPS) is 18.7. The van der Waals surface area contributed by atoms with E-state index in [1.54, 1.807) is 17.2 Å². The summed E-state index contributed by atoms with van der Waals surface area (Å²) >= 11 is 0. The number of fused-ring (bicyclic) bond motifs is 1. The molecular weight excluding hydrogens is 363 g/mol. The first kappa shape index (κ1) is 18.3. The first-order valence-corrected chi connectivity index (χ1v) is 9.40. The highest BCUT2D eigenvalue weighted by molar-refractivity contribution is 5.75. The Balaban J connectivity index is 1.37. The maximum Gasteiger partial charge on any atom is 0.318 e. The number of halogens is 1. The number of nitrogens with zero attached hydrogens (tertiary/aromatic N) is 3. The Labute approximate surface area is 163 Å². The van der Waals surface area contributed by atoms with Crippen molar-refractivity contribution < 1.29 is 18.7 Å². The van der Waals surface area contributed by atoms with Crippen LogP contribution in [0.4, 0.5) is 14.9 Å². The Morgan fingerprint density at radius 3 is 2.96 bits per heavy atom. The minimum absolute atomic E-state index is 0.0504. The maximum atomic E-state index is 14.0. The molecule has 1 atom stereocenters. The zero-order chi connectivity index (χ0) is 19.5. The average Bonchev–Trinajstić information content (AvgIpc) is 2.72. The van der Waals surface area contributed by atoms with Gasteiger partial charge in [-0.25, -0.2) is 9.18 Å². The summed E-state index contributed by atoms with van der Waals surface area (Å²) in [6.07, 6.45) is 2.79. The van der Waals surface area contributed by atoms with E-state index in [0.29, 0.717) is 56.6 Å². The zero-order valence-electron chi connectivity index (χ0n) is 15.7. The van der Waals surface area contributed by atoms with Gasteiger partial charge in [0.05, 0.1) is 11.9 Å². The van der Waals surface area contributed by atoms with Crippen LogP contribution in [0.1, 0.15) is 12.5 Å². The summed E-state index contributed by atoms with van der Waals surface area (Å²) in [4.78, 5) is 20.2. The number of carbonyl (C=O) groups is 1. The molecule has 148 valence electrons. The Kier molecular flexibility index (Phi) is 5.18. The summed E-state index contributed by atoms with van der Waals surface area (Å²) in [5.41, 5.74) is 1.41. The van der Waals surface area contributed by atoms with Gasteiger partial charge in [0.25, 0.3) is 0 Å². The molecular formula is C20H23FN4O3. The lowest BCUT2D eigenvalue weighted by Crippen LogP contribution is -2.56. The maximum absolute atomic E-state index is 14.0. The molecule has 0 saturated carbocycles. The number of piperazine rings is 1. The van der Waals surface area contributed by atoms with Crippen molar-refractivity contribution in [3.8, 4) is 11.5 Å². The topological polar surface area (TPSA) is 66.9 Å². The van der Waals surface area contributed by atoms with Crippen LogP contribution in [0.5, 0.6) is 11.5 Å². The molecule has 7 nitrogen and oxygen atoms in total. The summed E-state index contributed by atoms with van der Waals surface area (Å²) in [6.45, 7) is 5.00. The number of amides is 2. The summed E-state index contributed by atoms with van der Waals surface area (Å²) in [6, 6.07) is 7.14. The van der Waals surface area contributed by atoms with Gasteiger partial charge in [-0.05, 0) is 19.1 Å². The van der Waals surface area contributed by atoms with Gasteiger partial charge >= 0.3 is 6.03 Å². The first-order valence-electron chi connectivity index (χ1n) is 9.40. The SMILES string of the molecule is C[C@@H]1CN(c2ccncc2F)CCN1C(=O)NCc1cccc2c1OCCO2. The van der Waals surface area contributed by atoms with Crippen LogP contribution in [0.25, 0.3) is 0 Å². The summed E-state index contributed by atoms with van der Waals surface area (Å²) in [5, 5.41) is 2.96. The van der Waals surface area contributed by atoms with E-state index in [1.807, 2.05) is 30.0 Å². The van der Waals surface area contributed by atoms with E-state index in [9.17, 15) is 9.18 Å². The van der Waals surface area contributed by atoms with Crippen molar-refractivity contribution in [3.63, 3.8) is 0 Å². The van der Waals surface area contributed by atoms with Gasteiger partial charge in [-0.2, -0.15) is 0 Å². The average molecular weight is 386 g/mol. The molecule has 1 aromatic heterocycles. The quantitative estimate of drug-likeness (QED) is 0.878. The monoisotopic (exact) mass is 386 g/mol. The van der Waals surface area contributed by atoms with Gasteiger partial charge in [-0.1, -0.05) is 12.1 Å². The minimum atomic E-state index is -0.344. The Morgan fingerprint density at radius 2 is 2.14 bits per heavy atom. The largest absolute Gasteiger partial charge is 0.486 e. The number of benzene rings is 1. The molecule has 1 N–H and O–H groups in total. The zero-order valence-corrected chi connectivity index (χ0v) is 15.7. The van der Waals surface area contributed by atoms with Gasteiger partial charge in [0, 0.05) is 44.0 Å². The molecule has 1 aromatic carbocycles. The Hall–Kier alpha value is -3.03. The van der Waals surface area contributed by atoms with Gasteiger partial charge < -0.3 is 24.6 Å². The number of nitrogens with one attached hydrogen (secondary N) is 1. The molecule has 0 aliphatic carbocycles. The number of carbonyl (C=O) groups excluding carboxylic acids is 1. The van der Waals surface area contributed by atoms with Gasteiger partial charge in [0.1, 0.15) is 13.2 Å². The second-order valence-corrected chi connectivity index (χ2v) is 6.92. The van der Waals surface area contributed by atoms with Crippen LogP contribution in [0.2, 0.25) is 0 Å². The number of aromatic nitrogens is 1. The van der Waals surface area contributed by atoms with Crippen molar-refractivity contribution in [2.24, 2.45) is 0 Å². The fourth-order valence-electron chi connectivity index (χ4n) is 3.65. The fraction of sp³-hybridized carbons (Fsp3) is 0.400. The number of ether oxygens (including phenoxy) is 2. The van der Waals surface area contributed by atoms with Crippen molar-refractivity contribution in [1.29, 1.82) is 0 Å². The van der Waals surface area contributed by atoms with Gasteiger partial charge in [0.2, 0.25) is 0 Å². The molecule has 8 heteroatoms. The Morgan fingerprint density at radius 1 is 1.29 bits per heavy atom. The summed E-state index contributed by atoms with van der Waals surface area (Å²) < 4.78 is 25.3. The molecule has 2 amide bonds. The molecule has 0 bridgehead atoms. The van der Waals surface area contributed by atoms with Crippen LogP contribution in [-0.2, 0) is 6.54 Å². The molecule has 1 fully saturated rings. The fourth-order valence-corrected chi connectivity index (χ4v) is 3.65. The van der Waals surface area contributed by atoms with Crippen LogP contribution < -0.4 is 19.7 Å². The van der Waals surface area contributed by atoms with E-state index in [-0.39, 0.29) is 17.9 Å². The van der Waals surface area contributed by atoms with Crippen molar-refractivity contribution in [1.82, 2.24) is 15.2 Å². The second kappa shape index (κ2) is 7.92. The van der Waals surface area contributed by atoms with Gasteiger partial charge in [-0.15, -0.1) is 0 Å². The highest BCUT2D eigenvalue weighted by Crippen LogP contribution is 2.33. The summed E-state index contributed by atoms with van der Waals surface area (Å²) in [5.74, 6) is 1.06. The van der Waals surface area contributed by atoms with Gasteiger partial charge in [-0.3, -0.25) is 4.98 Å². The molecule has 0 radical (unpaired) electrons. The van der Waals surface area contributed by atoms with Crippen molar-refractivity contribution in [2.75, 3.05) is 37.7 Å². The summed E-state index contributed by atoms with van der Waals surface area (Å²) in [7, 11) is 0. The lowest BCUT2D eigenvalue weighted by molar-refractivity contribution is 0.166. The number of hydrogen-bond donors (Lipinski definition) is 1. The van der Waals surface area contributed by atoms with E-state index < -0.39 is 0 Å². The minimum Gasteiger partial charge on any atom is -0.486 e. The van der Waals surface area contributed by atoms with Crippen LogP contribution in [0.15, 0.2) is 36.7 Å². The third-order valence-electron chi connectivity index (χ3n) is 5.06. The van der Waals surface area contributed by atoms with Crippen LogP contribution in [-0.4, -0.2) is 54.8 Å². The predicted octanol–water partition coefficient (Wildman–Crippen LogP) is 2.41. The molecule has 0 spiro atoms. The highest BCUT2D eigenvalue weighted by atomic mass is 19.1. The molecule has 0 unspecified atom stereocenters. The number of hydrogen-bond acceptors (Lipinski definition) is 5. The van der Waals surface area contributed by atoms with Crippen LogP contribution in [0, 0.1) is 5.82 Å². The molecule has 2 aliphatic rings. The third kappa shape index (κ3) is 3.67. The highest BCUT2D eigenvalue weighted by Gasteiger charge is 2.28. The van der Waals surface area contributed by atoms with E-state index in [4.69, 9.17) is 9.47 Å². The number of rotatable bonds is 3. The second-order valence-electron chi connectivity index (χ2n) is 6.92. The number of pyridine rings is 1. The van der Waals surface area contributed by atoms with E-state index in [2.05, 4.69) is 10.3 Å².